The number of ether oxygens (including phenoxy) is 1. The van der Waals surface area contributed by atoms with E-state index in [-0.39, 0.29) is 0 Å². The molecule has 1 aromatic carbocycles. The van der Waals surface area contributed by atoms with Gasteiger partial charge < -0.3 is 15.8 Å². The molecule has 0 bridgehead atoms. The first-order valence-corrected chi connectivity index (χ1v) is 8.87. The second-order valence-corrected chi connectivity index (χ2v) is 6.48. The summed E-state index contributed by atoms with van der Waals surface area (Å²) in [5.41, 5.74) is 10.4. The van der Waals surface area contributed by atoms with Crippen molar-refractivity contribution in [3.05, 3.63) is 41.5 Å². The van der Waals surface area contributed by atoms with E-state index >= 15 is 0 Å². The Kier molecular flexibility index (Phi) is 5.36. The molecule has 0 amide bonds. The number of nitrogens with one attached hydrogen (secondary N) is 1. The van der Waals surface area contributed by atoms with Gasteiger partial charge in [0.1, 0.15) is 11.6 Å². The van der Waals surface area contributed by atoms with Crippen LogP contribution in [-0.4, -0.2) is 18.1 Å². The van der Waals surface area contributed by atoms with Crippen molar-refractivity contribution in [1.82, 2.24) is 10.3 Å². The van der Waals surface area contributed by atoms with Crippen LogP contribution in [0.25, 0.3) is 11.3 Å². The lowest BCUT2D eigenvalue weighted by Crippen LogP contribution is -2.25. The lowest BCUT2D eigenvalue weighted by Gasteiger charge is -2.17. The third kappa shape index (κ3) is 3.70. The third-order valence-corrected chi connectivity index (χ3v) is 4.89. The van der Waals surface area contributed by atoms with Gasteiger partial charge in [0.15, 0.2) is 0 Å². The lowest BCUT2D eigenvalue weighted by atomic mass is 9.98. The van der Waals surface area contributed by atoms with Crippen LogP contribution in [0.4, 0.5) is 5.82 Å². The maximum atomic E-state index is 5.84. The molecule has 0 spiro atoms. The number of benzene rings is 1. The zero-order valence-corrected chi connectivity index (χ0v) is 14.6. The number of nitrogens with zero attached hydrogens (tertiary/aromatic N) is 1. The van der Waals surface area contributed by atoms with Gasteiger partial charge in [-0.3, -0.25) is 0 Å². The number of aryl methyl sites for hydroxylation is 1. The predicted molar refractivity (Wildman–Crippen MR) is 99.1 cm³/mol. The van der Waals surface area contributed by atoms with Gasteiger partial charge in [0.2, 0.25) is 0 Å². The van der Waals surface area contributed by atoms with Crippen molar-refractivity contribution >= 4 is 5.82 Å². The number of hydrogen-bond acceptors (Lipinski definition) is 4. The van der Waals surface area contributed by atoms with E-state index in [9.17, 15) is 0 Å². The molecule has 24 heavy (non-hydrogen) atoms. The molecule has 2 aromatic rings. The number of pyridine rings is 1. The monoisotopic (exact) mass is 325 g/mol. The molecule has 0 saturated heterocycles. The van der Waals surface area contributed by atoms with Crippen molar-refractivity contribution in [1.29, 1.82) is 0 Å². The van der Waals surface area contributed by atoms with Crippen molar-refractivity contribution in [2.24, 2.45) is 0 Å². The summed E-state index contributed by atoms with van der Waals surface area (Å²) >= 11 is 0. The minimum atomic E-state index is 0.527. The van der Waals surface area contributed by atoms with Gasteiger partial charge in [0.25, 0.3) is 0 Å². The van der Waals surface area contributed by atoms with Crippen molar-refractivity contribution in [2.45, 2.75) is 51.6 Å². The summed E-state index contributed by atoms with van der Waals surface area (Å²) < 4.78 is 5.64. The topological polar surface area (TPSA) is 60.2 Å². The van der Waals surface area contributed by atoms with Crippen molar-refractivity contribution in [2.75, 3.05) is 12.8 Å². The highest BCUT2D eigenvalue weighted by Crippen LogP contribution is 2.33. The maximum absolute atomic E-state index is 5.84. The Morgan fingerprint density at radius 3 is 2.67 bits per heavy atom. The van der Waals surface area contributed by atoms with Gasteiger partial charge in [0, 0.05) is 18.2 Å². The van der Waals surface area contributed by atoms with E-state index in [4.69, 9.17) is 10.5 Å². The zero-order chi connectivity index (χ0) is 16.9. The highest BCUT2D eigenvalue weighted by molar-refractivity contribution is 5.70. The molecular weight excluding hydrogens is 298 g/mol. The highest BCUT2D eigenvalue weighted by atomic mass is 16.5. The molecular formula is C20H27N3O. The van der Waals surface area contributed by atoms with Crippen LogP contribution >= 0.6 is 0 Å². The summed E-state index contributed by atoms with van der Waals surface area (Å²) in [4.78, 5) is 4.45. The van der Waals surface area contributed by atoms with Gasteiger partial charge in [-0.2, -0.15) is 0 Å². The average molecular weight is 325 g/mol. The molecule has 1 heterocycles. The number of rotatable bonds is 6. The van der Waals surface area contributed by atoms with Crippen LogP contribution in [0.3, 0.4) is 0 Å². The molecule has 4 nitrogen and oxygen atoms in total. The Bertz CT molecular complexity index is 693. The fourth-order valence-corrected chi connectivity index (χ4v) is 3.52. The number of aromatic nitrogens is 1. The lowest BCUT2D eigenvalue weighted by molar-refractivity contribution is 0.415. The van der Waals surface area contributed by atoms with E-state index in [0.29, 0.717) is 11.9 Å². The second kappa shape index (κ2) is 7.67. The number of nitrogen functional groups attached to an aromatic ring is 1. The molecule has 1 fully saturated rings. The Morgan fingerprint density at radius 2 is 2.00 bits per heavy atom. The van der Waals surface area contributed by atoms with Crippen LogP contribution in [0.15, 0.2) is 30.3 Å². The van der Waals surface area contributed by atoms with Gasteiger partial charge in [-0.1, -0.05) is 25.8 Å². The van der Waals surface area contributed by atoms with E-state index < -0.39 is 0 Å². The van der Waals surface area contributed by atoms with Crippen LogP contribution in [0.1, 0.15) is 43.7 Å². The Morgan fingerprint density at radius 1 is 1.21 bits per heavy atom. The van der Waals surface area contributed by atoms with Gasteiger partial charge in [-0.25, -0.2) is 4.98 Å². The highest BCUT2D eigenvalue weighted by Gasteiger charge is 2.16. The molecule has 0 unspecified atom stereocenters. The first-order valence-electron chi connectivity index (χ1n) is 8.87. The van der Waals surface area contributed by atoms with Crippen LogP contribution in [-0.2, 0) is 13.0 Å². The van der Waals surface area contributed by atoms with Crippen LogP contribution < -0.4 is 15.8 Å². The minimum absolute atomic E-state index is 0.527. The van der Waals surface area contributed by atoms with E-state index in [1.807, 2.05) is 12.1 Å². The predicted octanol–water partition coefficient (Wildman–Crippen LogP) is 3.93. The summed E-state index contributed by atoms with van der Waals surface area (Å²) in [6, 6.07) is 10.7. The molecule has 1 aromatic heterocycles. The first kappa shape index (κ1) is 16.8. The van der Waals surface area contributed by atoms with E-state index in [1.54, 1.807) is 13.2 Å². The van der Waals surface area contributed by atoms with Crippen LogP contribution in [0.5, 0.6) is 5.75 Å². The smallest absolute Gasteiger partial charge is 0.128 e. The fraction of sp³-hybridized carbons (Fsp3) is 0.450. The molecule has 4 heteroatoms. The maximum Gasteiger partial charge on any atom is 0.128 e. The van der Waals surface area contributed by atoms with Gasteiger partial charge in [0.05, 0.1) is 12.8 Å². The van der Waals surface area contributed by atoms with E-state index in [2.05, 4.69) is 29.4 Å². The van der Waals surface area contributed by atoms with Gasteiger partial charge >= 0.3 is 0 Å². The quantitative estimate of drug-likeness (QED) is 0.844. The molecule has 3 rings (SSSR count). The van der Waals surface area contributed by atoms with E-state index in [1.165, 1.54) is 36.8 Å². The molecule has 1 saturated carbocycles. The summed E-state index contributed by atoms with van der Waals surface area (Å²) in [5, 5.41) is 3.70. The Balaban J connectivity index is 1.90. The van der Waals surface area contributed by atoms with Crippen LogP contribution in [0, 0.1) is 0 Å². The normalized spacial score (nSPS) is 14.9. The number of anilines is 1. The second-order valence-electron chi connectivity index (χ2n) is 6.48. The summed E-state index contributed by atoms with van der Waals surface area (Å²) in [7, 11) is 1.71. The van der Waals surface area contributed by atoms with Crippen molar-refractivity contribution in [3.8, 4) is 17.0 Å². The molecule has 3 N–H and O–H groups in total. The Hall–Kier alpha value is -2.07. The SMILES string of the molecule is CCc1cc(-c2cccc(N)n2)c(OC)cc1CNC1CCCC1. The summed E-state index contributed by atoms with van der Waals surface area (Å²) in [5.74, 6) is 1.38. The van der Waals surface area contributed by atoms with E-state index in [0.717, 1.165) is 30.0 Å². The summed E-state index contributed by atoms with van der Waals surface area (Å²) in [6.45, 7) is 3.09. The first-order chi connectivity index (χ1) is 11.7. The number of nitrogens with two attached hydrogens (primary N) is 1. The van der Waals surface area contributed by atoms with Gasteiger partial charge in [-0.05, 0) is 54.7 Å². The van der Waals surface area contributed by atoms with Crippen molar-refractivity contribution in [3.63, 3.8) is 0 Å². The third-order valence-electron chi connectivity index (χ3n) is 4.89. The molecule has 1 aliphatic rings. The summed E-state index contributed by atoms with van der Waals surface area (Å²) in [6.07, 6.45) is 6.28. The molecule has 128 valence electrons. The zero-order valence-electron chi connectivity index (χ0n) is 14.6. The fourth-order valence-electron chi connectivity index (χ4n) is 3.52. The number of methoxy groups -OCH3 is 1. The van der Waals surface area contributed by atoms with Crippen LogP contribution in [0.2, 0.25) is 0 Å². The standard InChI is InChI=1S/C20H27N3O/c1-3-14-11-17(18-9-6-10-20(21)23-18)19(24-2)12-15(14)13-22-16-7-4-5-8-16/h6,9-12,16,22H,3-5,7-8,13H2,1-2H3,(H2,21,23). The molecule has 0 radical (unpaired) electrons. The molecule has 1 aliphatic carbocycles. The minimum Gasteiger partial charge on any atom is -0.496 e. The average Bonchev–Trinajstić information content (AvgIpc) is 3.12. The molecule has 0 aliphatic heterocycles. The largest absolute Gasteiger partial charge is 0.496 e. The molecule has 0 atom stereocenters. The Labute approximate surface area is 144 Å². The number of hydrogen-bond donors (Lipinski definition) is 2. The van der Waals surface area contributed by atoms with Gasteiger partial charge in [-0.15, -0.1) is 0 Å². The van der Waals surface area contributed by atoms with Crippen molar-refractivity contribution < 1.29 is 4.74 Å².